The van der Waals surface area contributed by atoms with Gasteiger partial charge in [-0.2, -0.15) is 5.10 Å². The third kappa shape index (κ3) is 2.95. The Labute approximate surface area is 156 Å². The van der Waals surface area contributed by atoms with Crippen LogP contribution in [0.4, 0.5) is 0 Å². The molecular weight excluding hydrogens is 342 g/mol. The van der Waals surface area contributed by atoms with Crippen molar-refractivity contribution in [3.63, 3.8) is 0 Å². The molecule has 138 valence electrons. The van der Waals surface area contributed by atoms with Crippen molar-refractivity contribution in [2.45, 2.75) is 33.7 Å². The third-order valence-corrected chi connectivity index (χ3v) is 5.24. The van der Waals surface area contributed by atoms with Crippen molar-refractivity contribution in [1.82, 2.24) is 24.6 Å². The average Bonchev–Trinajstić information content (AvgIpc) is 3.06. The maximum absolute atomic E-state index is 13.0. The molecule has 1 amide bonds. The molecule has 0 unspecified atom stereocenters. The fourth-order valence-electron chi connectivity index (χ4n) is 3.40. The van der Waals surface area contributed by atoms with Crippen LogP contribution >= 0.6 is 0 Å². The molecule has 0 aliphatic carbocycles. The minimum absolute atomic E-state index is 0.0561. The summed E-state index contributed by atoms with van der Waals surface area (Å²) in [5.41, 5.74) is 4.68. The van der Waals surface area contributed by atoms with Crippen LogP contribution < -0.4 is 5.56 Å². The molecule has 0 bridgehead atoms. The minimum atomic E-state index is -0.201. The van der Waals surface area contributed by atoms with Gasteiger partial charge in [-0.1, -0.05) is 24.3 Å². The standard InChI is InChI=1S/C20H21N5O2/c1-12-13(2)22-20(23-18(12)26)25-14(3)17(10-21-25)19(27)24-9-8-15-6-4-5-7-16(15)11-24/h4-7,10H,8-9,11H2,1-3H3,(H,22,23,26). The summed E-state index contributed by atoms with van der Waals surface area (Å²) >= 11 is 0. The van der Waals surface area contributed by atoms with Crippen LogP contribution in [0.25, 0.3) is 5.95 Å². The second kappa shape index (κ2) is 6.50. The van der Waals surface area contributed by atoms with Crippen LogP contribution in [-0.2, 0) is 13.0 Å². The molecule has 2 aromatic heterocycles. The lowest BCUT2D eigenvalue weighted by molar-refractivity contribution is 0.0734. The normalized spacial score (nSPS) is 13.5. The van der Waals surface area contributed by atoms with Gasteiger partial charge in [-0.25, -0.2) is 9.67 Å². The first-order valence-corrected chi connectivity index (χ1v) is 8.94. The predicted molar refractivity (Wildman–Crippen MR) is 101 cm³/mol. The highest BCUT2D eigenvalue weighted by molar-refractivity contribution is 5.95. The van der Waals surface area contributed by atoms with Gasteiger partial charge in [-0.05, 0) is 38.3 Å². The second-order valence-electron chi connectivity index (χ2n) is 6.90. The molecule has 27 heavy (non-hydrogen) atoms. The van der Waals surface area contributed by atoms with Gasteiger partial charge in [-0.3, -0.25) is 14.6 Å². The van der Waals surface area contributed by atoms with E-state index in [1.54, 1.807) is 20.0 Å². The van der Waals surface area contributed by atoms with E-state index in [9.17, 15) is 9.59 Å². The first kappa shape index (κ1) is 17.2. The number of fused-ring (bicyclic) bond motifs is 1. The van der Waals surface area contributed by atoms with Crippen LogP contribution in [0, 0.1) is 20.8 Å². The Kier molecular flexibility index (Phi) is 4.14. The number of hydrogen-bond donors (Lipinski definition) is 1. The van der Waals surface area contributed by atoms with Crippen molar-refractivity contribution in [2.75, 3.05) is 6.54 Å². The molecule has 4 rings (SSSR count). The SMILES string of the molecule is Cc1nc(-n2ncc(C(=O)N3CCc4ccccc4C3)c2C)[nH]c(=O)c1C. The number of nitrogens with zero attached hydrogens (tertiary/aromatic N) is 4. The highest BCUT2D eigenvalue weighted by Crippen LogP contribution is 2.21. The lowest BCUT2D eigenvalue weighted by Gasteiger charge is -2.28. The summed E-state index contributed by atoms with van der Waals surface area (Å²) < 4.78 is 1.51. The van der Waals surface area contributed by atoms with Crippen LogP contribution in [0.15, 0.2) is 35.3 Å². The first-order valence-electron chi connectivity index (χ1n) is 8.94. The Morgan fingerprint density at radius 3 is 2.63 bits per heavy atom. The number of carbonyl (C=O) groups is 1. The monoisotopic (exact) mass is 363 g/mol. The summed E-state index contributed by atoms with van der Waals surface area (Å²) in [6.07, 6.45) is 2.40. The summed E-state index contributed by atoms with van der Waals surface area (Å²) in [7, 11) is 0. The number of aromatic amines is 1. The second-order valence-corrected chi connectivity index (χ2v) is 6.90. The highest BCUT2D eigenvalue weighted by Gasteiger charge is 2.25. The zero-order valence-corrected chi connectivity index (χ0v) is 15.6. The number of hydrogen-bond acceptors (Lipinski definition) is 4. The van der Waals surface area contributed by atoms with Crippen LogP contribution in [-0.4, -0.2) is 37.1 Å². The van der Waals surface area contributed by atoms with Crippen LogP contribution in [0.5, 0.6) is 0 Å². The summed E-state index contributed by atoms with van der Waals surface area (Å²) in [5, 5.41) is 4.29. The van der Waals surface area contributed by atoms with Crippen molar-refractivity contribution < 1.29 is 4.79 Å². The fraction of sp³-hybridized carbons (Fsp3) is 0.300. The van der Waals surface area contributed by atoms with Gasteiger partial charge in [0.15, 0.2) is 0 Å². The molecule has 1 N–H and O–H groups in total. The van der Waals surface area contributed by atoms with E-state index in [4.69, 9.17) is 0 Å². The van der Waals surface area contributed by atoms with Gasteiger partial charge < -0.3 is 4.90 Å². The summed E-state index contributed by atoms with van der Waals surface area (Å²) in [4.78, 5) is 34.0. The molecule has 0 saturated carbocycles. The molecule has 1 aliphatic heterocycles. The Bertz CT molecular complexity index is 1100. The van der Waals surface area contributed by atoms with Crippen molar-refractivity contribution in [1.29, 1.82) is 0 Å². The molecule has 1 aromatic carbocycles. The molecule has 0 spiro atoms. The van der Waals surface area contributed by atoms with Gasteiger partial charge in [0.1, 0.15) is 0 Å². The zero-order valence-electron chi connectivity index (χ0n) is 15.6. The van der Waals surface area contributed by atoms with E-state index in [1.165, 1.54) is 15.8 Å². The zero-order chi connectivity index (χ0) is 19.1. The minimum Gasteiger partial charge on any atom is -0.334 e. The van der Waals surface area contributed by atoms with Crippen molar-refractivity contribution in [3.05, 3.63) is 74.5 Å². The number of aromatic nitrogens is 4. The number of rotatable bonds is 2. The van der Waals surface area contributed by atoms with E-state index in [1.807, 2.05) is 24.0 Å². The number of benzene rings is 1. The Hall–Kier alpha value is -3.22. The van der Waals surface area contributed by atoms with Crippen molar-refractivity contribution in [3.8, 4) is 5.95 Å². The quantitative estimate of drug-likeness (QED) is 0.755. The maximum atomic E-state index is 13.0. The smallest absolute Gasteiger partial charge is 0.257 e. The van der Waals surface area contributed by atoms with E-state index in [0.29, 0.717) is 41.6 Å². The molecule has 7 nitrogen and oxygen atoms in total. The van der Waals surface area contributed by atoms with Gasteiger partial charge in [-0.15, -0.1) is 0 Å². The Morgan fingerprint density at radius 2 is 1.89 bits per heavy atom. The fourth-order valence-corrected chi connectivity index (χ4v) is 3.40. The molecular formula is C20H21N5O2. The van der Waals surface area contributed by atoms with Gasteiger partial charge >= 0.3 is 0 Å². The predicted octanol–water partition coefficient (Wildman–Crippen LogP) is 2.08. The van der Waals surface area contributed by atoms with E-state index >= 15 is 0 Å². The molecule has 7 heteroatoms. The molecule has 0 radical (unpaired) electrons. The number of H-pyrrole nitrogens is 1. The van der Waals surface area contributed by atoms with E-state index in [2.05, 4.69) is 27.2 Å². The first-order chi connectivity index (χ1) is 13.0. The molecule has 3 aromatic rings. The number of nitrogens with one attached hydrogen (secondary N) is 1. The van der Waals surface area contributed by atoms with Gasteiger partial charge in [0.25, 0.3) is 11.5 Å². The average molecular weight is 363 g/mol. The topological polar surface area (TPSA) is 83.9 Å². The van der Waals surface area contributed by atoms with Crippen LogP contribution in [0.1, 0.15) is 38.4 Å². The van der Waals surface area contributed by atoms with Crippen molar-refractivity contribution >= 4 is 5.91 Å². The van der Waals surface area contributed by atoms with E-state index < -0.39 is 0 Å². The van der Waals surface area contributed by atoms with E-state index in [0.717, 1.165) is 6.42 Å². The maximum Gasteiger partial charge on any atom is 0.257 e. The van der Waals surface area contributed by atoms with Gasteiger partial charge in [0.2, 0.25) is 5.95 Å². The van der Waals surface area contributed by atoms with Crippen LogP contribution in [0.2, 0.25) is 0 Å². The number of amides is 1. The number of aryl methyl sites for hydroxylation is 1. The summed E-state index contributed by atoms with van der Waals surface area (Å²) in [6, 6.07) is 8.20. The molecule has 3 heterocycles. The largest absolute Gasteiger partial charge is 0.334 e. The lowest BCUT2D eigenvalue weighted by Crippen LogP contribution is -2.36. The highest BCUT2D eigenvalue weighted by atomic mass is 16.2. The molecule has 0 atom stereocenters. The van der Waals surface area contributed by atoms with Crippen molar-refractivity contribution in [2.24, 2.45) is 0 Å². The van der Waals surface area contributed by atoms with E-state index in [-0.39, 0.29) is 11.5 Å². The third-order valence-electron chi connectivity index (χ3n) is 5.24. The molecule has 0 saturated heterocycles. The summed E-state index contributed by atoms with van der Waals surface area (Å²) in [5.74, 6) is 0.267. The summed E-state index contributed by atoms with van der Waals surface area (Å²) in [6.45, 7) is 6.60. The lowest BCUT2D eigenvalue weighted by atomic mass is 9.99. The number of carbonyl (C=O) groups excluding carboxylic acids is 1. The van der Waals surface area contributed by atoms with Gasteiger partial charge in [0.05, 0.1) is 17.5 Å². The van der Waals surface area contributed by atoms with Crippen LogP contribution in [0.3, 0.4) is 0 Å². The Morgan fingerprint density at radius 1 is 1.15 bits per heavy atom. The molecule has 0 fully saturated rings. The Balaban J connectivity index is 1.65. The van der Waals surface area contributed by atoms with Gasteiger partial charge in [0, 0.05) is 24.3 Å². The molecule has 1 aliphatic rings.